The highest BCUT2D eigenvalue weighted by Crippen LogP contribution is 2.16. The van der Waals surface area contributed by atoms with Gasteiger partial charge in [0.1, 0.15) is 0 Å². The van der Waals surface area contributed by atoms with Gasteiger partial charge in [-0.05, 0) is 47.9 Å². The molecule has 0 fully saturated rings. The predicted molar refractivity (Wildman–Crippen MR) is 97.0 cm³/mol. The summed E-state index contributed by atoms with van der Waals surface area (Å²) in [6.07, 6.45) is 3.26. The average molecular weight is 334 g/mol. The van der Waals surface area contributed by atoms with Crippen molar-refractivity contribution in [3.05, 3.63) is 68.9 Å². The third-order valence-electron chi connectivity index (χ3n) is 3.97. The number of hydrogen-bond acceptors (Lipinski definition) is 4. The topological polar surface area (TPSA) is 82.1 Å². The maximum atomic E-state index is 9.44. The normalized spacial score (nSPS) is 12.5. The predicted octanol–water partition coefficient (Wildman–Crippen LogP) is 2.50. The lowest BCUT2D eigenvalue weighted by Crippen LogP contribution is -2.20. The first kappa shape index (κ1) is 16.6. The van der Waals surface area contributed by atoms with Crippen molar-refractivity contribution in [3.8, 4) is 12.1 Å². The third-order valence-corrected chi connectivity index (χ3v) is 3.97. The Labute approximate surface area is 149 Å². The Kier molecular flexibility index (Phi) is 4.04. The van der Waals surface area contributed by atoms with Gasteiger partial charge in [0.25, 0.3) is 11.4 Å². The van der Waals surface area contributed by atoms with Gasteiger partial charge in [0.15, 0.2) is 0 Å². The summed E-state index contributed by atoms with van der Waals surface area (Å²) in [5.74, 6) is 0. The molecular formula is C20H10N6. The molecule has 0 unspecified atom stereocenters. The molecule has 0 saturated carbocycles. The van der Waals surface area contributed by atoms with E-state index in [1.165, 1.54) is 0 Å². The zero-order valence-electron chi connectivity index (χ0n) is 14.0. The third kappa shape index (κ3) is 2.40. The summed E-state index contributed by atoms with van der Waals surface area (Å²) in [6.45, 7) is 18.4. The number of aryl methyl sites for hydroxylation is 2. The van der Waals surface area contributed by atoms with E-state index in [1.54, 1.807) is 24.5 Å². The standard InChI is InChI=1S/C20H10N6/c1-11-5-13-17(15(7-21)23-3)20-14(6-12(2)10-26-20)18(16(8-22)24-4)19(13)25-9-11/h5-6,9-10H,1-2H3/b17-15-,18-16+. The van der Waals surface area contributed by atoms with Crippen molar-refractivity contribution in [1.29, 1.82) is 10.5 Å². The van der Waals surface area contributed by atoms with Gasteiger partial charge >= 0.3 is 0 Å². The molecule has 6 nitrogen and oxygen atoms in total. The summed E-state index contributed by atoms with van der Waals surface area (Å²) < 4.78 is 0. The summed E-state index contributed by atoms with van der Waals surface area (Å²) in [6, 6.07) is 7.44. The molecule has 0 saturated heterocycles. The lowest BCUT2D eigenvalue weighted by molar-refractivity contribution is 1.30. The molecule has 0 aliphatic carbocycles. The fraction of sp³-hybridized carbons (Fsp3) is 0.100. The maximum absolute atomic E-state index is 9.44. The first-order valence-corrected chi connectivity index (χ1v) is 7.54. The van der Waals surface area contributed by atoms with Crippen LogP contribution in [-0.2, 0) is 0 Å². The van der Waals surface area contributed by atoms with E-state index in [2.05, 4.69) is 19.7 Å². The van der Waals surface area contributed by atoms with Crippen molar-refractivity contribution in [1.82, 2.24) is 9.97 Å². The molecule has 120 valence electrons. The molecule has 3 aromatic rings. The maximum Gasteiger partial charge on any atom is 0.271 e. The van der Waals surface area contributed by atoms with Crippen molar-refractivity contribution >= 4 is 33.2 Å². The number of fused-ring (bicyclic) bond motifs is 2. The van der Waals surface area contributed by atoms with Crippen LogP contribution in [0.3, 0.4) is 0 Å². The second kappa shape index (κ2) is 6.33. The number of aromatic nitrogens is 2. The second-order valence-corrected chi connectivity index (χ2v) is 5.71. The molecule has 1 aromatic carbocycles. The Morgan fingerprint density at radius 1 is 0.846 bits per heavy atom. The molecular weight excluding hydrogens is 324 g/mol. The van der Waals surface area contributed by atoms with Gasteiger partial charge in [0.05, 0.1) is 36.3 Å². The minimum absolute atomic E-state index is 0.100. The van der Waals surface area contributed by atoms with Crippen molar-refractivity contribution in [2.75, 3.05) is 0 Å². The molecule has 0 aliphatic rings. The highest BCUT2D eigenvalue weighted by atomic mass is 14.7. The Balaban J connectivity index is 2.97. The Bertz CT molecular complexity index is 1240. The first-order valence-electron chi connectivity index (χ1n) is 7.54. The van der Waals surface area contributed by atoms with E-state index in [0.717, 1.165) is 11.1 Å². The Morgan fingerprint density at radius 2 is 1.23 bits per heavy atom. The lowest BCUT2D eigenvalue weighted by Gasteiger charge is -2.08. The van der Waals surface area contributed by atoms with E-state index in [0.29, 0.717) is 32.2 Å². The largest absolute Gasteiger partial charge is 0.271 e. The van der Waals surface area contributed by atoms with Crippen LogP contribution >= 0.6 is 0 Å². The SMILES string of the molecule is [C-]#[N+]/C(C#N)=c1/c2cc(C)cnc2/c(=C(\C#N)[N+]#[C-])c2cc(C)cnc12. The summed E-state index contributed by atoms with van der Waals surface area (Å²) in [4.78, 5) is 15.5. The van der Waals surface area contributed by atoms with Gasteiger partial charge in [-0.25, -0.2) is 20.2 Å². The van der Waals surface area contributed by atoms with Crippen molar-refractivity contribution in [3.63, 3.8) is 0 Å². The lowest BCUT2D eigenvalue weighted by atomic mass is 10.0. The number of pyridine rings is 2. The molecule has 2 aromatic heterocycles. The van der Waals surface area contributed by atoms with Gasteiger partial charge < -0.3 is 0 Å². The van der Waals surface area contributed by atoms with Crippen LogP contribution in [0, 0.1) is 49.7 Å². The molecule has 3 rings (SSSR count). The minimum atomic E-state index is -0.100. The highest BCUT2D eigenvalue weighted by molar-refractivity contribution is 6.01. The fourth-order valence-electron chi connectivity index (χ4n) is 2.93. The molecule has 2 heterocycles. The summed E-state index contributed by atoms with van der Waals surface area (Å²) in [5, 5.41) is 20.7. The molecule has 0 spiro atoms. The summed E-state index contributed by atoms with van der Waals surface area (Å²) in [7, 11) is 0. The average Bonchev–Trinajstić information content (AvgIpc) is 2.64. The van der Waals surface area contributed by atoms with Crippen LogP contribution in [0.2, 0.25) is 0 Å². The van der Waals surface area contributed by atoms with Gasteiger partial charge in [-0.3, -0.25) is 9.97 Å². The summed E-state index contributed by atoms with van der Waals surface area (Å²) >= 11 is 0. The molecule has 0 atom stereocenters. The van der Waals surface area contributed by atoms with Crippen LogP contribution < -0.4 is 10.4 Å². The van der Waals surface area contributed by atoms with E-state index in [-0.39, 0.29) is 11.4 Å². The van der Waals surface area contributed by atoms with E-state index >= 15 is 0 Å². The van der Waals surface area contributed by atoms with Crippen LogP contribution in [-0.4, -0.2) is 9.97 Å². The zero-order valence-corrected chi connectivity index (χ0v) is 14.0. The quantitative estimate of drug-likeness (QED) is 0.467. The van der Waals surface area contributed by atoms with Crippen molar-refractivity contribution in [2.24, 2.45) is 0 Å². The van der Waals surface area contributed by atoms with Crippen molar-refractivity contribution in [2.45, 2.75) is 13.8 Å². The first-order chi connectivity index (χ1) is 12.5. The molecule has 0 radical (unpaired) electrons. The van der Waals surface area contributed by atoms with Crippen LogP contribution in [0.1, 0.15) is 11.1 Å². The molecule has 0 aliphatic heterocycles. The number of nitriles is 2. The van der Waals surface area contributed by atoms with Gasteiger partial charge in [-0.15, -0.1) is 0 Å². The Hall–Kier alpha value is -4.26. The highest BCUT2D eigenvalue weighted by Gasteiger charge is 2.14. The second-order valence-electron chi connectivity index (χ2n) is 5.71. The minimum Gasteiger partial charge on any atom is -0.257 e. The van der Waals surface area contributed by atoms with E-state index in [4.69, 9.17) is 13.1 Å². The number of nitrogens with zero attached hydrogens (tertiary/aromatic N) is 6. The molecule has 26 heavy (non-hydrogen) atoms. The Morgan fingerprint density at radius 3 is 1.54 bits per heavy atom. The van der Waals surface area contributed by atoms with Gasteiger partial charge in [0.2, 0.25) is 0 Å². The van der Waals surface area contributed by atoms with Gasteiger partial charge in [-0.1, -0.05) is 0 Å². The monoisotopic (exact) mass is 334 g/mol. The van der Waals surface area contributed by atoms with Gasteiger partial charge in [-0.2, -0.15) is 0 Å². The van der Waals surface area contributed by atoms with Crippen LogP contribution in [0.5, 0.6) is 0 Å². The number of hydrogen-bond donors (Lipinski definition) is 0. The van der Waals surface area contributed by atoms with Crippen LogP contribution in [0.4, 0.5) is 0 Å². The van der Waals surface area contributed by atoms with Gasteiger partial charge in [0, 0.05) is 22.8 Å². The molecule has 0 bridgehead atoms. The fourth-order valence-corrected chi connectivity index (χ4v) is 2.93. The smallest absolute Gasteiger partial charge is 0.257 e. The van der Waals surface area contributed by atoms with Crippen molar-refractivity contribution < 1.29 is 0 Å². The van der Waals surface area contributed by atoms with E-state index in [9.17, 15) is 10.5 Å². The van der Waals surface area contributed by atoms with E-state index < -0.39 is 0 Å². The number of benzene rings is 1. The zero-order chi connectivity index (χ0) is 18.8. The van der Waals surface area contributed by atoms with Crippen LogP contribution in [0.25, 0.3) is 42.9 Å². The molecule has 0 amide bonds. The molecule has 0 N–H and O–H groups in total. The number of rotatable bonds is 0. The van der Waals surface area contributed by atoms with Crippen LogP contribution in [0.15, 0.2) is 24.5 Å². The molecule has 6 heteroatoms. The van der Waals surface area contributed by atoms with E-state index in [1.807, 2.05) is 26.0 Å². The summed E-state index contributed by atoms with van der Waals surface area (Å²) in [5.41, 5.74) is 2.29.